The Balaban J connectivity index is 2.04. The van der Waals surface area contributed by atoms with Gasteiger partial charge in [-0.1, -0.05) is 0 Å². The van der Waals surface area contributed by atoms with Crippen molar-refractivity contribution in [1.82, 2.24) is 9.55 Å². The normalized spacial score (nSPS) is 14.6. The Bertz CT molecular complexity index is 655. The van der Waals surface area contributed by atoms with Crippen molar-refractivity contribution >= 4 is 16.5 Å². The summed E-state index contributed by atoms with van der Waals surface area (Å²) in [6, 6.07) is 4.31. The van der Waals surface area contributed by atoms with Crippen LogP contribution in [-0.2, 0) is 0 Å². The molecule has 0 aliphatic heterocycles. The monoisotopic (exact) mass is 275 g/mol. The summed E-state index contributed by atoms with van der Waals surface area (Å²) < 4.78 is 1.92. The second kappa shape index (κ2) is 4.81. The summed E-state index contributed by atoms with van der Waals surface area (Å²) in [5.74, 6) is 0. The molecule has 0 unspecified atom stereocenters. The highest BCUT2D eigenvalue weighted by Crippen LogP contribution is 2.35. The summed E-state index contributed by atoms with van der Waals surface area (Å²) in [4.78, 5) is 17.0. The highest BCUT2D eigenvalue weighted by molar-refractivity contribution is 7.14. The maximum absolute atomic E-state index is 12.5. The fourth-order valence-corrected chi connectivity index (χ4v) is 3.04. The SMILES string of the molecule is CCNc1nc(-c2ccc(C)n(C3CC3)c2=O)cs1. The fraction of sp³-hybridized carbons (Fsp3) is 0.429. The van der Waals surface area contributed by atoms with Crippen molar-refractivity contribution in [2.75, 3.05) is 11.9 Å². The van der Waals surface area contributed by atoms with Gasteiger partial charge in [-0.15, -0.1) is 11.3 Å². The summed E-state index contributed by atoms with van der Waals surface area (Å²) in [7, 11) is 0. The lowest BCUT2D eigenvalue weighted by atomic mass is 10.2. The quantitative estimate of drug-likeness (QED) is 0.933. The Kier molecular flexibility index (Phi) is 3.14. The van der Waals surface area contributed by atoms with E-state index in [-0.39, 0.29) is 5.56 Å². The van der Waals surface area contributed by atoms with Crippen molar-refractivity contribution in [3.8, 4) is 11.3 Å². The van der Waals surface area contributed by atoms with Gasteiger partial charge >= 0.3 is 0 Å². The average Bonchev–Trinajstić information content (AvgIpc) is 3.10. The molecular formula is C14H17N3OS. The minimum Gasteiger partial charge on any atom is -0.362 e. The third-order valence-corrected chi connectivity index (χ3v) is 4.14. The molecular weight excluding hydrogens is 258 g/mol. The van der Waals surface area contributed by atoms with Crippen LogP contribution in [0.5, 0.6) is 0 Å². The van der Waals surface area contributed by atoms with Crippen LogP contribution in [0.3, 0.4) is 0 Å². The van der Waals surface area contributed by atoms with Gasteiger partial charge in [0.25, 0.3) is 5.56 Å². The van der Waals surface area contributed by atoms with Crippen LogP contribution >= 0.6 is 11.3 Å². The van der Waals surface area contributed by atoms with Gasteiger partial charge in [-0.2, -0.15) is 0 Å². The first-order valence-corrected chi connectivity index (χ1v) is 7.50. The van der Waals surface area contributed by atoms with Crippen LogP contribution in [0.2, 0.25) is 0 Å². The van der Waals surface area contributed by atoms with Crippen LogP contribution < -0.4 is 10.9 Å². The van der Waals surface area contributed by atoms with Crippen molar-refractivity contribution < 1.29 is 0 Å². The highest BCUT2D eigenvalue weighted by atomic mass is 32.1. The largest absolute Gasteiger partial charge is 0.362 e. The average molecular weight is 275 g/mol. The third-order valence-electron chi connectivity index (χ3n) is 3.34. The van der Waals surface area contributed by atoms with Gasteiger partial charge in [-0.25, -0.2) is 4.98 Å². The van der Waals surface area contributed by atoms with E-state index in [2.05, 4.69) is 10.3 Å². The first-order chi connectivity index (χ1) is 9.20. The van der Waals surface area contributed by atoms with Crippen LogP contribution in [0.1, 0.15) is 31.5 Å². The van der Waals surface area contributed by atoms with Crippen molar-refractivity contribution in [3.63, 3.8) is 0 Å². The summed E-state index contributed by atoms with van der Waals surface area (Å²) in [6.07, 6.45) is 2.23. The van der Waals surface area contributed by atoms with E-state index in [1.807, 2.05) is 35.9 Å². The Hall–Kier alpha value is -1.62. The summed E-state index contributed by atoms with van der Waals surface area (Å²) in [5.41, 5.74) is 2.62. The first-order valence-electron chi connectivity index (χ1n) is 6.62. The number of aryl methyl sites for hydroxylation is 1. The molecule has 3 rings (SSSR count). The summed E-state index contributed by atoms with van der Waals surface area (Å²) in [5, 5.41) is 5.99. The lowest BCUT2D eigenvalue weighted by molar-refractivity contribution is 0.683. The third kappa shape index (κ3) is 2.30. The Morgan fingerprint density at radius 2 is 2.26 bits per heavy atom. The molecule has 1 saturated carbocycles. The minimum atomic E-state index is 0.0934. The molecule has 0 bridgehead atoms. The van der Waals surface area contributed by atoms with Crippen LogP contribution in [-0.4, -0.2) is 16.1 Å². The maximum atomic E-state index is 12.5. The van der Waals surface area contributed by atoms with Gasteiger partial charge < -0.3 is 9.88 Å². The molecule has 0 aromatic carbocycles. The molecule has 0 amide bonds. The van der Waals surface area contributed by atoms with Gasteiger partial charge in [0.05, 0.1) is 11.3 Å². The second-order valence-electron chi connectivity index (χ2n) is 4.86. The van der Waals surface area contributed by atoms with Crippen molar-refractivity contribution in [2.45, 2.75) is 32.7 Å². The fourth-order valence-electron chi connectivity index (χ4n) is 2.26. The van der Waals surface area contributed by atoms with E-state index >= 15 is 0 Å². The Morgan fingerprint density at radius 1 is 1.47 bits per heavy atom. The number of nitrogens with one attached hydrogen (secondary N) is 1. The minimum absolute atomic E-state index is 0.0934. The second-order valence-corrected chi connectivity index (χ2v) is 5.72. The number of thiazole rings is 1. The van der Waals surface area contributed by atoms with E-state index in [0.29, 0.717) is 11.6 Å². The van der Waals surface area contributed by atoms with E-state index in [9.17, 15) is 4.79 Å². The molecule has 2 aromatic heterocycles. The zero-order valence-electron chi connectivity index (χ0n) is 11.1. The van der Waals surface area contributed by atoms with E-state index in [1.165, 1.54) is 0 Å². The first kappa shape index (κ1) is 12.4. The molecule has 1 fully saturated rings. The van der Waals surface area contributed by atoms with Crippen LogP contribution in [0.25, 0.3) is 11.3 Å². The predicted octanol–water partition coefficient (Wildman–Crippen LogP) is 3.05. The van der Waals surface area contributed by atoms with E-state index in [4.69, 9.17) is 0 Å². The molecule has 4 nitrogen and oxygen atoms in total. The number of hydrogen-bond donors (Lipinski definition) is 1. The van der Waals surface area contributed by atoms with Gasteiger partial charge in [-0.3, -0.25) is 4.79 Å². The molecule has 100 valence electrons. The van der Waals surface area contributed by atoms with Crippen LogP contribution in [0.15, 0.2) is 22.3 Å². The van der Waals surface area contributed by atoms with E-state index in [0.717, 1.165) is 35.9 Å². The maximum Gasteiger partial charge on any atom is 0.260 e. The zero-order valence-corrected chi connectivity index (χ0v) is 12.0. The van der Waals surface area contributed by atoms with Crippen LogP contribution in [0.4, 0.5) is 5.13 Å². The molecule has 2 heterocycles. The van der Waals surface area contributed by atoms with Crippen LogP contribution in [0, 0.1) is 6.92 Å². The highest BCUT2D eigenvalue weighted by Gasteiger charge is 2.27. The standard InChI is InChI=1S/C14H17N3OS/c1-3-15-14-16-12(8-19-14)11-7-4-9(2)17(13(11)18)10-5-6-10/h4,7-8,10H,3,5-6H2,1-2H3,(H,15,16). The Labute approximate surface area is 116 Å². The van der Waals surface area contributed by atoms with Gasteiger partial charge in [0.15, 0.2) is 5.13 Å². The van der Waals surface area contributed by atoms with Gasteiger partial charge in [-0.05, 0) is 38.8 Å². The van der Waals surface area contributed by atoms with Crippen molar-refractivity contribution in [1.29, 1.82) is 0 Å². The molecule has 1 aliphatic carbocycles. The molecule has 0 atom stereocenters. The van der Waals surface area contributed by atoms with E-state index in [1.54, 1.807) is 11.3 Å². The molecule has 1 N–H and O–H groups in total. The molecule has 19 heavy (non-hydrogen) atoms. The molecule has 0 saturated heterocycles. The topological polar surface area (TPSA) is 46.9 Å². The number of hydrogen-bond acceptors (Lipinski definition) is 4. The molecule has 0 spiro atoms. The molecule has 5 heteroatoms. The van der Waals surface area contributed by atoms with Crippen molar-refractivity contribution in [2.24, 2.45) is 0 Å². The summed E-state index contributed by atoms with van der Waals surface area (Å²) in [6.45, 7) is 4.87. The van der Waals surface area contributed by atoms with Crippen molar-refractivity contribution in [3.05, 3.63) is 33.6 Å². The van der Waals surface area contributed by atoms with Gasteiger partial charge in [0, 0.05) is 23.7 Å². The molecule has 1 aliphatic rings. The lowest BCUT2D eigenvalue weighted by Gasteiger charge is -2.09. The number of rotatable bonds is 4. The molecule has 2 aromatic rings. The van der Waals surface area contributed by atoms with Gasteiger partial charge in [0.1, 0.15) is 0 Å². The number of aromatic nitrogens is 2. The zero-order chi connectivity index (χ0) is 13.4. The smallest absolute Gasteiger partial charge is 0.260 e. The van der Waals surface area contributed by atoms with E-state index < -0.39 is 0 Å². The number of nitrogens with zero attached hydrogens (tertiary/aromatic N) is 2. The number of anilines is 1. The lowest BCUT2D eigenvalue weighted by Crippen LogP contribution is -2.22. The summed E-state index contributed by atoms with van der Waals surface area (Å²) >= 11 is 1.54. The number of pyridine rings is 1. The van der Waals surface area contributed by atoms with Gasteiger partial charge in [0.2, 0.25) is 0 Å². The molecule has 0 radical (unpaired) electrons. The predicted molar refractivity (Wildman–Crippen MR) is 79.0 cm³/mol. The Morgan fingerprint density at radius 3 is 2.95 bits per heavy atom.